The Morgan fingerprint density at radius 3 is 2.60 bits per heavy atom. The molecule has 0 saturated carbocycles. The third-order valence-electron chi connectivity index (χ3n) is 3.83. The molecule has 0 aliphatic rings. The molecule has 1 aromatic heterocycles. The Hall–Kier alpha value is -3.60. The standard InChI is InChI=1S/C20H15N3O2/c24-20(16-10-6-7-14-13-21-23-19(14)16)22-17-11-4-5-12-18(17)25-15-8-2-1-3-9-15/h1-13H,(H,21,23)(H,22,24). The minimum atomic E-state index is -0.223. The van der Waals surface area contributed by atoms with Gasteiger partial charge in [0, 0.05) is 5.39 Å². The van der Waals surface area contributed by atoms with Gasteiger partial charge in [0.25, 0.3) is 5.91 Å². The Morgan fingerprint density at radius 2 is 1.72 bits per heavy atom. The SMILES string of the molecule is O=C(Nc1ccccc1Oc1ccccc1)c1cccc2cn[nH]c12. The first-order valence-electron chi connectivity index (χ1n) is 7.86. The second kappa shape index (κ2) is 6.49. The molecule has 1 amide bonds. The molecule has 0 aliphatic carbocycles. The van der Waals surface area contributed by atoms with E-state index >= 15 is 0 Å². The average molecular weight is 329 g/mol. The summed E-state index contributed by atoms with van der Waals surface area (Å²) in [7, 11) is 0. The number of H-pyrrole nitrogens is 1. The van der Waals surface area contributed by atoms with Crippen LogP contribution in [0.5, 0.6) is 11.5 Å². The lowest BCUT2D eigenvalue weighted by Gasteiger charge is -2.12. The van der Waals surface area contributed by atoms with Gasteiger partial charge in [0.1, 0.15) is 5.75 Å². The van der Waals surface area contributed by atoms with Gasteiger partial charge in [0.05, 0.1) is 23.0 Å². The quantitative estimate of drug-likeness (QED) is 0.574. The summed E-state index contributed by atoms with van der Waals surface area (Å²) in [5.41, 5.74) is 1.85. The van der Waals surface area contributed by atoms with Gasteiger partial charge in [-0.3, -0.25) is 9.89 Å². The zero-order valence-corrected chi connectivity index (χ0v) is 13.3. The van der Waals surface area contributed by atoms with Crippen LogP contribution in [0.1, 0.15) is 10.4 Å². The monoisotopic (exact) mass is 329 g/mol. The lowest BCUT2D eigenvalue weighted by atomic mass is 10.1. The number of amides is 1. The van der Waals surface area contributed by atoms with E-state index in [1.54, 1.807) is 12.3 Å². The number of benzene rings is 3. The first-order chi connectivity index (χ1) is 12.3. The summed E-state index contributed by atoms with van der Waals surface area (Å²) in [5.74, 6) is 1.07. The topological polar surface area (TPSA) is 67.0 Å². The number of carbonyl (C=O) groups is 1. The molecule has 0 spiro atoms. The molecule has 122 valence electrons. The number of anilines is 1. The number of ether oxygens (including phenoxy) is 1. The largest absolute Gasteiger partial charge is 0.455 e. The number of aromatic amines is 1. The van der Waals surface area contributed by atoms with Crippen molar-refractivity contribution < 1.29 is 9.53 Å². The van der Waals surface area contributed by atoms with Crippen LogP contribution in [0.2, 0.25) is 0 Å². The second-order valence-electron chi connectivity index (χ2n) is 5.51. The molecule has 25 heavy (non-hydrogen) atoms. The molecule has 4 rings (SSSR count). The van der Waals surface area contributed by atoms with Gasteiger partial charge >= 0.3 is 0 Å². The maximum absolute atomic E-state index is 12.7. The van der Waals surface area contributed by atoms with Crippen molar-refractivity contribution in [1.82, 2.24) is 10.2 Å². The highest BCUT2D eigenvalue weighted by Gasteiger charge is 2.14. The summed E-state index contributed by atoms with van der Waals surface area (Å²) in [6.07, 6.45) is 1.69. The predicted octanol–water partition coefficient (Wildman–Crippen LogP) is 4.61. The van der Waals surface area contributed by atoms with Crippen LogP contribution in [-0.4, -0.2) is 16.1 Å². The highest BCUT2D eigenvalue weighted by Crippen LogP contribution is 2.29. The van der Waals surface area contributed by atoms with Gasteiger partial charge in [0.15, 0.2) is 5.75 Å². The molecule has 1 heterocycles. The van der Waals surface area contributed by atoms with E-state index < -0.39 is 0 Å². The Labute approximate surface area is 144 Å². The van der Waals surface area contributed by atoms with Crippen LogP contribution in [0.15, 0.2) is 79.0 Å². The maximum Gasteiger partial charge on any atom is 0.257 e. The molecule has 4 aromatic rings. The highest BCUT2D eigenvalue weighted by molar-refractivity contribution is 6.12. The number of hydrogen-bond donors (Lipinski definition) is 2. The molecule has 5 heteroatoms. The molecule has 2 N–H and O–H groups in total. The van der Waals surface area contributed by atoms with E-state index in [0.717, 1.165) is 5.39 Å². The molecule has 0 atom stereocenters. The van der Waals surface area contributed by atoms with Gasteiger partial charge < -0.3 is 10.1 Å². The van der Waals surface area contributed by atoms with E-state index in [4.69, 9.17) is 4.74 Å². The van der Waals surface area contributed by atoms with Crippen LogP contribution in [0, 0.1) is 0 Å². The fourth-order valence-corrected chi connectivity index (χ4v) is 2.62. The number of fused-ring (bicyclic) bond motifs is 1. The molecular formula is C20H15N3O2. The Kier molecular flexibility index (Phi) is 3.88. The van der Waals surface area contributed by atoms with E-state index in [1.165, 1.54) is 0 Å². The Morgan fingerprint density at radius 1 is 0.920 bits per heavy atom. The van der Waals surface area contributed by atoms with Crippen molar-refractivity contribution in [2.75, 3.05) is 5.32 Å². The van der Waals surface area contributed by atoms with Crippen molar-refractivity contribution in [1.29, 1.82) is 0 Å². The molecule has 0 radical (unpaired) electrons. The number of hydrogen-bond acceptors (Lipinski definition) is 3. The molecule has 0 aliphatic heterocycles. The number of para-hydroxylation sites is 4. The predicted molar refractivity (Wildman–Crippen MR) is 97.0 cm³/mol. The molecule has 3 aromatic carbocycles. The van der Waals surface area contributed by atoms with Crippen molar-refractivity contribution in [3.05, 3.63) is 84.6 Å². The average Bonchev–Trinajstić information content (AvgIpc) is 3.13. The minimum absolute atomic E-state index is 0.223. The normalized spacial score (nSPS) is 10.6. The van der Waals surface area contributed by atoms with Crippen molar-refractivity contribution >= 4 is 22.5 Å². The molecule has 0 unspecified atom stereocenters. The zero-order valence-electron chi connectivity index (χ0n) is 13.3. The molecular weight excluding hydrogens is 314 g/mol. The van der Waals surface area contributed by atoms with Crippen molar-refractivity contribution in [2.24, 2.45) is 0 Å². The summed E-state index contributed by atoms with van der Waals surface area (Å²) >= 11 is 0. The van der Waals surface area contributed by atoms with Crippen LogP contribution in [0.4, 0.5) is 5.69 Å². The lowest BCUT2D eigenvalue weighted by Crippen LogP contribution is -2.13. The van der Waals surface area contributed by atoms with Crippen LogP contribution < -0.4 is 10.1 Å². The van der Waals surface area contributed by atoms with E-state index in [2.05, 4.69) is 15.5 Å². The van der Waals surface area contributed by atoms with E-state index in [9.17, 15) is 4.79 Å². The van der Waals surface area contributed by atoms with Crippen molar-refractivity contribution in [3.63, 3.8) is 0 Å². The third-order valence-corrected chi connectivity index (χ3v) is 3.83. The van der Waals surface area contributed by atoms with Crippen LogP contribution in [0.25, 0.3) is 10.9 Å². The number of carbonyl (C=O) groups excluding carboxylic acids is 1. The lowest BCUT2D eigenvalue weighted by molar-refractivity contribution is 0.102. The molecule has 0 saturated heterocycles. The van der Waals surface area contributed by atoms with Gasteiger partial charge in [0.2, 0.25) is 0 Å². The minimum Gasteiger partial charge on any atom is -0.455 e. The third kappa shape index (κ3) is 3.07. The van der Waals surface area contributed by atoms with Crippen LogP contribution in [-0.2, 0) is 0 Å². The summed E-state index contributed by atoms with van der Waals surface area (Å²) in [5, 5.41) is 10.7. The van der Waals surface area contributed by atoms with Gasteiger partial charge in [-0.25, -0.2) is 0 Å². The fourth-order valence-electron chi connectivity index (χ4n) is 2.62. The van der Waals surface area contributed by atoms with Gasteiger partial charge in [-0.2, -0.15) is 5.10 Å². The Balaban J connectivity index is 1.63. The van der Waals surface area contributed by atoms with Gasteiger partial charge in [-0.15, -0.1) is 0 Å². The number of nitrogens with one attached hydrogen (secondary N) is 2. The van der Waals surface area contributed by atoms with Gasteiger partial charge in [-0.05, 0) is 30.3 Å². The molecule has 0 fully saturated rings. The summed E-state index contributed by atoms with van der Waals surface area (Å²) in [6.45, 7) is 0. The number of nitrogens with zero attached hydrogens (tertiary/aromatic N) is 1. The van der Waals surface area contributed by atoms with E-state index in [1.807, 2.05) is 66.7 Å². The van der Waals surface area contributed by atoms with E-state index in [-0.39, 0.29) is 5.91 Å². The first kappa shape index (κ1) is 15.0. The van der Waals surface area contributed by atoms with Crippen molar-refractivity contribution in [3.8, 4) is 11.5 Å². The highest BCUT2D eigenvalue weighted by atomic mass is 16.5. The molecule has 5 nitrogen and oxygen atoms in total. The molecule has 0 bridgehead atoms. The number of rotatable bonds is 4. The fraction of sp³-hybridized carbons (Fsp3) is 0. The smallest absolute Gasteiger partial charge is 0.257 e. The van der Waals surface area contributed by atoms with E-state index in [0.29, 0.717) is 28.3 Å². The summed E-state index contributed by atoms with van der Waals surface area (Å²) < 4.78 is 5.88. The van der Waals surface area contributed by atoms with Gasteiger partial charge in [-0.1, -0.05) is 42.5 Å². The maximum atomic E-state index is 12.7. The second-order valence-corrected chi connectivity index (χ2v) is 5.51. The zero-order chi connectivity index (χ0) is 17.1. The van der Waals surface area contributed by atoms with Crippen LogP contribution >= 0.6 is 0 Å². The first-order valence-corrected chi connectivity index (χ1v) is 7.86. The number of aromatic nitrogens is 2. The summed E-state index contributed by atoms with van der Waals surface area (Å²) in [4.78, 5) is 12.7. The van der Waals surface area contributed by atoms with Crippen LogP contribution in [0.3, 0.4) is 0 Å². The van der Waals surface area contributed by atoms with Crippen molar-refractivity contribution in [2.45, 2.75) is 0 Å². The summed E-state index contributed by atoms with van der Waals surface area (Å²) in [6, 6.07) is 22.3. The Bertz CT molecular complexity index is 1030.